The van der Waals surface area contributed by atoms with Crippen LogP contribution in [-0.4, -0.2) is 62.2 Å². The lowest BCUT2D eigenvalue weighted by atomic mass is 10.2. The number of carbonyl (C=O) groups excluding carboxylic acids is 2. The highest BCUT2D eigenvalue weighted by Crippen LogP contribution is 2.17. The van der Waals surface area contributed by atoms with E-state index in [2.05, 4.69) is 5.32 Å². The van der Waals surface area contributed by atoms with Crippen molar-refractivity contribution in [2.75, 3.05) is 32.7 Å². The summed E-state index contributed by atoms with van der Waals surface area (Å²) >= 11 is 0. The van der Waals surface area contributed by atoms with Crippen LogP contribution < -0.4 is 5.32 Å². The predicted octanol–water partition coefficient (Wildman–Crippen LogP) is 0.950. The standard InChI is InChI=1S/C19H21N3O4S/c23-18(15-20-19(24)16-7-3-1-4-8-16)21-11-13-22(14-12-21)27(25,26)17-9-5-2-6-10-17/h1-10H,11-15H2,(H,20,24). The molecule has 0 aliphatic carbocycles. The number of carbonyl (C=O) groups is 2. The van der Waals surface area contributed by atoms with E-state index >= 15 is 0 Å². The number of nitrogens with zero attached hydrogens (tertiary/aromatic N) is 2. The first-order chi connectivity index (χ1) is 13.0. The maximum absolute atomic E-state index is 12.6. The van der Waals surface area contributed by atoms with E-state index in [-0.39, 0.29) is 36.3 Å². The lowest BCUT2D eigenvalue weighted by Crippen LogP contribution is -2.52. The van der Waals surface area contributed by atoms with Gasteiger partial charge in [0.1, 0.15) is 0 Å². The molecular formula is C19H21N3O4S. The van der Waals surface area contributed by atoms with Crippen LogP contribution in [0.4, 0.5) is 0 Å². The molecule has 1 aliphatic heterocycles. The lowest BCUT2D eigenvalue weighted by Gasteiger charge is -2.34. The lowest BCUT2D eigenvalue weighted by molar-refractivity contribution is -0.131. The Kier molecular flexibility index (Phi) is 5.88. The molecule has 8 heteroatoms. The third-order valence-corrected chi connectivity index (χ3v) is 6.32. The minimum atomic E-state index is -3.55. The molecule has 3 rings (SSSR count). The Morgan fingerprint density at radius 2 is 1.41 bits per heavy atom. The Balaban J connectivity index is 1.51. The highest BCUT2D eigenvalue weighted by atomic mass is 32.2. The van der Waals surface area contributed by atoms with Crippen LogP contribution >= 0.6 is 0 Å². The van der Waals surface area contributed by atoms with Gasteiger partial charge in [0.05, 0.1) is 11.4 Å². The largest absolute Gasteiger partial charge is 0.343 e. The predicted molar refractivity (Wildman–Crippen MR) is 101 cm³/mol. The average molecular weight is 387 g/mol. The summed E-state index contributed by atoms with van der Waals surface area (Å²) in [5.74, 6) is -0.537. The van der Waals surface area contributed by atoms with Gasteiger partial charge in [0.25, 0.3) is 5.91 Å². The summed E-state index contributed by atoms with van der Waals surface area (Å²) in [4.78, 5) is 26.1. The third kappa shape index (κ3) is 4.53. The number of piperazine rings is 1. The second-order valence-electron chi connectivity index (χ2n) is 6.15. The molecule has 0 atom stereocenters. The van der Waals surface area contributed by atoms with Gasteiger partial charge < -0.3 is 10.2 Å². The van der Waals surface area contributed by atoms with E-state index in [4.69, 9.17) is 0 Å². The molecule has 27 heavy (non-hydrogen) atoms. The first-order valence-corrected chi connectivity index (χ1v) is 10.1. The van der Waals surface area contributed by atoms with Crippen molar-refractivity contribution in [1.82, 2.24) is 14.5 Å². The topological polar surface area (TPSA) is 86.8 Å². The summed E-state index contributed by atoms with van der Waals surface area (Å²) < 4.78 is 26.6. The van der Waals surface area contributed by atoms with Crippen LogP contribution in [0.25, 0.3) is 0 Å². The molecule has 0 bridgehead atoms. The first kappa shape index (κ1) is 19.1. The van der Waals surface area contributed by atoms with Gasteiger partial charge in [0, 0.05) is 31.7 Å². The molecule has 2 aromatic rings. The Morgan fingerprint density at radius 1 is 0.852 bits per heavy atom. The second-order valence-corrected chi connectivity index (χ2v) is 8.08. The Hall–Kier alpha value is -2.71. The molecule has 1 aliphatic rings. The molecule has 0 radical (unpaired) electrons. The van der Waals surface area contributed by atoms with Crippen LogP contribution in [0.5, 0.6) is 0 Å². The zero-order chi connectivity index (χ0) is 19.3. The summed E-state index contributed by atoms with van der Waals surface area (Å²) in [5.41, 5.74) is 0.490. The third-order valence-electron chi connectivity index (χ3n) is 4.41. The average Bonchev–Trinajstić information content (AvgIpc) is 2.73. The van der Waals surface area contributed by atoms with Crippen molar-refractivity contribution in [3.05, 3.63) is 66.2 Å². The summed E-state index contributed by atoms with van der Waals surface area (Å²) in [6.07, 6.45) is 0. The van der Waals surface area contributed by atoms with E-state index in [9.17, 15) is 18.0 Å². The molecule has 2 amide bonds. The van der Waals surface area contributed by atoms with Gasteiger partial charge in [0.15, 0.2) is 0 Å². The molecule has 1 N–H and O–H groups in total. The Bertz CT molecular complexity index is 893. The van der Waals surface area contributed by atoms with Crippen LogP contribution in [0.2, 0.25) is 0 Å². The second kappa shape index (κ2) is 8.32. The zero-order valence-electron chi connectivity index (χ0n) is 14.7. The van der Waals surface area contributed by atoms with Crippen LogP contribution in [-0.2, 0) is 14.8 Å². The molecule has 0 unspecified atom stereocenters. The number of hydrogen-bond acceptors (Lipinski definition) is 4. The molecule has 1 saturated heterocycles. The number of amides is 2. The first-order valence-electron chi connectivity index (χ1n) is 8.65. The molecule has 0 aromatic heterocycles. The van der Waals surface area contributed by atoms with Crippen molar-refractivity contribution in [1.29, 1.82) is 0 Å². The summed E-state index contributed by atoms with van der Waals surface area (Å²) in [6, 6.07) is 16.9. The van der Waals surface area contributed by atoms with Crippen molar-refractivity contribution < 1.29 is 18.0 Å². The van der Waals surface area contributed by atoms with E-state index in [1.54, 1.807) is 59.5 Å². The van der Waals surface area contributed by atoms with Crippen LogP contribution in [0.1, 0.15) is 10.4 Å². The Morgan fingerprint density at radius 3 is 2.00 bits per heavy atom. The molecule has 1 fully saturated rings. The number of benzene rings is 2. The van der Waals surface area contributed by atoms with Crippen molar-refractivity contribution >= 4 is 21.8 Å². The number of sulfonamides is 1. The van der Waals surface area contributed by atoms with Gasteiger partial charge in [-0.3, -0.25) is 9.59 Å². The van der Waals surface area contributed by atoms with Crippen molar-refractivity contribution in [3.63, 3.8) is 0 Å². The van der Waals surface area contributed by atoms with Gasteiger partial charge in [-0.15, -0.1) is 0 Å². The summed E-state index contributed by atoms with van der Waals surface area (Å²) in [7, 11) is -3.55. The zero-order valence-corrected chi connectivity index (χ0v) is 15.6. The van der Waals surface area contributed by atoms with Crippen molar-refractivity contribution in [2.45, 2.75) is 4.90 Å². The number of hydrogen-bond donors (Lipinski definition) is 1. The number of rotatable bonds is 5. The van der Waals surface area contributed by atoms with E-state index in [1.807, 2.05) is 6.07 Å². The van der Waals surface area contributed by atoms with Crippen LogP contribution in [0, 0.1) is 0 Å². The molecule has 1 heterocycles. The van der Waals surface area contributed by atoms with Crippen LogP contribution in [0.3, 0.4) is 0 Å². The fraction of sp³-hybridized carbons (Fsp3) is 0.263. The molecule has 7 nitrogen and oxygen atoms in total. The Labute approximate surface area is 158 Å². The maximum atomic E-state index is 12.6. The summed E-state index contributed by atoms with van der Waals surface area (Å²) in [6.45, 7) is 0.947. The minimum absolute atomic E-state index is 0.112. The highest BCUT2D eigenvalue weighted by Gasteiger charge is 2.29. The van der Waals surface area contributed by atoms with Crippen LogP contribution in [0.15, 0.2) is 65.6 Å². The molecule has 142 valence electrons. The van der Waals surface area contributed by atoms with E-state index in [0.29, 0.717) is 18.7 Å². The van der Waals surface area contributed by atoms with E-state index < -0.39 is 10.0 Å². The smallest absolute Gasteiger partial charge is 0.251 e. The molecule has 0 spiro atoms. The van der Waals surface area contributed by atoms with E-state index in [0.717, 1.165) is 0 Å². The molecular weight excluding hydrogens is 366 g/mol. The van der Waals surface area contributed by atoms with Gasteiger partial charge in [-0.05, 0) is 24.3 Å². The van der Waals surface area contributed by atoms with Gasteiger partial charge in [0.2, 0.25) is 15.9 Å². The number of nitrogens with one attached hydrogen (secondary N) is 1. The fourth-order valence-corrected chi connectivity index (χ4v) is 4.32. The van der Waals surface area contributed by atoms with Gasteiger partial charge >= 0.3 is 0 Å². The van der Waals surface area contributed by atoms with Crippen molar-refractivity contribution in [3.8, 4) is 0 Å². The maximum Gasteiger partial charge on any atom is 0.251 e. The molecule has 2 aromatic carbocycles. The minimum Gasteiger partial charge on any atom is -0.343 e. The fourth-order valence-electron chi connectivity index (χ4n) is 2.88. The normalized spacial score (nSPS) is 15.3. The molecule has 0 saturated carbocycles. The van der Waals surface area contributed by atoms with Gasteiger partial charge in [-0.1, -0.05) is 36.4 Å². The van der Waals surface area contributed by atoms with Gasteiger partial charge in [-0.2, -0.15) is 4.31 Å². The summed E-state index contributed by atoms with van der Waals surface area (Å²) in [5, 5.41) is 2.60. The highest BCUT2D eigenvalue weighted by molar-refractivity contribution is 7.89. The van der Waals surface area contributed by atoms with Crippen molar-refractivity contribution in [2.24, 2.45) is 0 Å². The monoisotopic (exact) mass is 387 g/mol. The van der Waals surface area contributed by atoms with E-state index in [1.165, 1.54) is 4.31 Å². The van der Waals surface area contributed by atoms with Gasteiger partial charge in [-0.25, -0.2) is 8.42 Å². The quantitative estimate of drug-likeness (QED) is 0.828. The SMILES string of the molecule is O=C(NCC(=O)N1CCN(S(=O)(=O)c2ccccc2)CC1)c1ccccc1.